The van der Waals surface area contributed by atoms with Crippen LogP contribution in [0.3, 0.4) is 0 Å². The molecule has 1 heterocycles. The third kappa shape index (κ3) is 4.53. The molecule has 0 saturated carbocycles. The van der Waals surface area contributed by atoms with Crippen LogP contribution in [0.5, 0.6) is 0 Å². The third-order valence-corrected chi connectivity index (χ3v) is 4.64. The maximum atomic E-state index is 12.7. The topological polar surface area (TPSA) is 41.6 Å². The van der Waals surface area contributed by atoms with Gasteiger partial charge in [0.1, 0.15) is 0 Å². The maximum Gasteiger partial charge on any atom is 0.255 e. The molecular weight excluding hydrogens is 336 g/mol. The van der Waals surface area contributed by atoms with E-state index in [4.69, 9.17) is 16.3 Å². The molecule has 2 aromatic rings. The largest absolute Gasteiger partial charge is 0.380 e. The predicted molar refractivity (Wildman–Crippen MR) is 103 cm³/mol. The van der Waals surface area contributed by atoms with E-state index in [1.54, 1.807) is 13.2 Å². The van der Waals surface area contributed by atoms with Crippen LogP contribution in [0.25, 0.3) is 0 Å². The minimum atomic E-state index is -0.140. The molecule has 0 radical (unpaired) electrons. The predicted octanol–water partition coefficient (Wildman–Crippen LogP) is 4.73. The number of halogens is 1. The first-order valence-corrected chi connectivity index (χ1v) is 8.99. The molecule has 2 aromatic carbocycles. The van der Waals surface area contributed by atoms with Crippen LogP contribution in [0.2, 0.25) is 5.02 Å². The fraction of sp³-hybridized carbons (Fsp3) is 0.350. The lowest BCUT2D eigenvalue weighted by Gasteiger charge is -2.30. The number of benzene rings is 2. The first-order valence-electron chi connectivity index (χ1n) is 8.61. The number of amides is 1. The molecule has 0 atom stereocenters. The van der Waals surface area contributed by atoms with Crippen molar-refractivity contribution in [3.05, 3.63) is 58.6 Å². The number of anilines is 2. The van der Waals surface area contributed by atoms with Crippen molar-refractivity contribution in [3.63, 3.8) is 0 Å². The highest BCUT2D eigenvalue weighted by molar-refractivity contribution is 6.31. The summed E-state index contributed by atoms with van der Waals surface area (Å²) in [6.45, 7) is 2.50. The highest BCUT2D eigenvalue weighted by Crippen LogP contribution is 2.31. The molecule has 132 valence electrons. The summed E-state index contributed by atoms with van der Waals surface area (Å²) in [5.74, 6) is -0.140. The van der Waals surface area contributed by atoms with Gasteiger partial charge in [0.25, 0.3) is 5.91 Å². The molecule has 1 aliphatic heterocycles. The summed E-state index contributed by atoms with van der Waals surface area (Å²) in [6.07, 6.45) is 3.61. The summed E-state index contributed by atoms with van der Waals surface area (Å²) in [5, 5.41) is 3.64. The Balaban J connectivity index is 1.82. The number of methoxy groups -OCH3 is 1. The van der Waals surface area contributed by atoms with E-state index in [-0.39, 0.29) is 5.91 Å². The maximum absolute atomic E-state index is 12.7. The van der Waals surface area contributed by atoms with Gasteiger partial charge in [-0.25, -0.2) is 0 Å². The van der Waals surface area contributed by atoms with E-state index in [2.05, 4.69) is 10.2 Å². The first-order chi connectivity index (χ1) is 12.2. The monoisotopic (exact) mass is 358 g/mol. The van der Waals surface area contributed by atoms with Crippen molar-refractivity contribution in [1.29, 1.82) is 0 Å². The van der Waals surface area contributed by atoms with Crippen molar-refractivity contribution in [2.24, 2.45) is 0 Å². The van der Waals surface area contributed by atoms with Crippen LogP contribution in [0, 0.1) is 0 Å². The van der Waals surface area contributed by atoms with Crippen LogP contribution in [0.1, 0.15) is 35.2 Å². The second kappa shape index (κ2) is 8.37. The second-order valence-electron chi connectivity index (χ2n) is 6.30. The summed E-state index contributed by atoms with van der Waals surface area (Å²) in [4.78, 5) is 15.0. The SMILES string of the molecule is COCc1cccc(C(=O)Nc2cc(Cl)ccc2N2CCCCC2)c1. The smallest absolute Gasteiger partial charge is 0.255 e. The lowest BCUT2D eigenvalue weighted by Crippen LogP contribution is -2.30. The number of carbonyl (C=O) groups excluding carboxylic acids is 1. The van der Waals surface area contributed by atoms with E-state index in [1.807, 2.05) is 36.4 Å². The molecule has 1 aliphatic rings. The van der Waals surface area contributed by atoms with E-state index in [9.17, 15) is 4.79 Å². The Morgan fingerprint density at radius 3 is 2.72 bits per heavy atom. The average molecular weight is 359 g/mol. The molecule has 1 saturated heterocycles. The Labute approximate surface area is 153 Å². The van der Waals surface area contributed by atoms with E-state index < -0.39 is 0 Å². The molecule has 0 spiro atoms. The van der Waals surface area contributed by atoms with Gasteiger partial charge in [0, 0.05) is 30.8 Å². The number of nitrogens with zero attached hydrogens (tertiary/aromatic N) is 1. The zero-order valence-electron chi connectivity index (χ0n) is 14.4. The van der Waals surface area contributed by atoms with Crippen LogP contribution < -0.4 is 10.2 Å². The number of hydrogen-bond acceptors (Lipinski definition) is 3. The Morgan fingerprint density at radius 1 is 1.16 bits per heavy atom. The highest BCUT2D eigenvalue weighted by atomic mass is 35.5. The number of ether oxygens (including phenoxy) is 1. The van der Waals surface area contributed by atoms with E-state index in [0.717, 1.165) is 30.0 Å². The van der Waals surface area contributed by atoms with E-state index in [1.165, 1.54) is 19.3 Å². The molecule has 25 heavy (non-hydrogen) atoms. The summed E-state index contributed by atoms with van der Waals surface area (Å²) in [7, 11) is 1.64. The van der Waals surface area contributed by atoms with Crippen LogP contribution in [-0.4, -0.2) is 26.1 Å². The summed E-state index contributed by atoms with van der Waals surface area (Å²) < 4.78 is 5.14. The standard InChI is InChI=1S/C20H23ClN2O2/c1-25-14-15-6-5-7-16(12-15)20(24)22-18-13-17(21)8-9-19(18)23-10-3-2-4-11-23/h5-9,12-13H,2-4,10-11,14H2,1H3,(H,22,24). The van der Waals surface area contributed by atoms with Gasteiger partial charge in [-0.2, -0.15) is 0 Å². The number of hydrogen-bond donors (Lipinski definition) is 1. The molecule has 0 aliphatic carbocycles. The first kappa shape index (κ1) is 17.8. The van der Waals surface area contributed by atoms with Gasteiger partial charge in [-0.15, -0.1) is 0 Å². The summed E-state index contributed by atoms with van der Waals surface area (Å²) >= 11 is 6.17. The van der Waals surface area contributed by atoms with Crippen LogP contribution in [0.15, 0.2) is 42.5 Å². The molecule has 0 bridgehead atoms. The minimum absolute atomic E-state index is 0.140. The van der Waals surface area contributed by atoms with Gasteiger partial charge in [-0.05, 0) is 55.2 Å². The van der Waals surface area contributed by atoms with Crippen molar-refractivity contribution >= 4 is 28.9 Å². The van der Waals surface area contributed by atoms with Gasteiger partial charge in [0.15, 0.2) is 0 Å². The zero-order chi connectivity index (χ0) is 17.6. The van der Waals surface area contributed by atoms with Gasteiger partial charge >= 0.3 is 0 Å². The van der Waals surface area contributed by atoms with E-state index >= 15 is 0 Å². The van der Waals surface area contributed by atoms with Crippen LogP contribution in [-0.2, 0) is 11.3 Å². The van der Waals surface area contributed by atoms with E-state index in [0.29, 0.717) is 17.2 Å². The van der Waals surface area contributed by atoms with Crippen molar-refractivity contribution in [1.82, 2.24) is 0 Å². The lowest BCUT2D eigenvalue weighted by molar-refractivity contribution is 0.102. The van der Waals surface area contributed by atoms with Gasteiger partial charge in [-0.3, -0.25) is 4.79 Å². The molecule has 0 aromatic heterocycles. The average Bonchev–Trinajstić information content (AvgIpc) is 2.63. The molecule has 1 fully saturated rings. The molecule has 1 amide bonds. The molecular formula is C20H23ClN2O2. The van der Waals surface area contributed by atoms with Gasteiger partial charge < -0.3 is 15.0 Å². The van der Waals surface area contributed by atoms with Gasteiger partial charge in [0.05, 0.1) is 18.0 Å². The molecule has 5 heteroatoms. The number of rotatable bonds is 5. The number of piperidine rings is 1. The minimum Gasteiger partial charge on any atom is -0.380 e. The van der Waals surface area contributed by atoms with Crippen LogP contribution >= 0.6 is 11.6 Å². The molecule has 3 rings (SSSR count). The van der Waals surface area contributed by atoms with Gasteiger partial charge in [-0.1, -0.05) is 23.7 Å². The van der Waals surface area contributed by atoms with Crippen molar-refractivity contribution < 1.29 is 9.53 Å². The second-order valence-corrected chi connectivity index (χ2v) is 6.73. The van der Waals surface area contributed by atoms with Crippen LogP contribution in [0.4, 0.5) is 11.4 Å². The summed E-state index contributed by atoms with van der Waals surface area (Å²) in [5.41, 5.74) is 3.37. The molecule has 0 unspecified atom stereocenters. The Hall–Kier alpha value is -2.04. The Kier molecular flexibility index (Phi) is 5.95. The Bertz CT molecular complexity index is 742. The van der Waals surface area contributed by atoms with Crippen molar-refractivity contribution in [3.8, 4) is 0 Å². The third-order valence-electron chi connectivity index (χ3n) is 4.40. The quantitative estimate of drug-likeness (QED) is 0.840. The Morgan fingerprint density at radius 2 is 1.96 bits per heavy atom. The number of carbonyl (C=O) groups is 1. The number of nitrogens with one attached hydrogen (secondary N) is 1. The highest BCUT2D eigenvalue weighted by Gasteiger charge is 2.17. The zero-order valence-corrected chi connectivity index (χ0v) is 15.2. The lowest BCUT2D eigenvalue weighted by atomic mass is 10.1. The van der Waals surface area contributed by atoms with Crippen molar-refractivity contribution in [2.45, 2.75) is 25.9 Å². The molecule has 1 N–H and O–H groups in total. The molecule has 4 nitrogen and oxygen atoms in total. The summed E-state index contributed by atoms with van der Waals surface area (Å²) in [6, 6.07) is 13.2. The van der Waals surface area contributed by atoms with Gasteiger partial charge in [0.2, 0.25) is 0 Å². The normalized spacial score (nSPS) is 14.4. The fourth-order valence-corrected chi connectivity index (χ4v) is 3.35. The van der Waals surface area contributed by atoms with Crippen molar-refractivity contribution in [2.75, 3.05) is 30.4 Å². The fourth-order valence-electron chi connectivity index (χ4n) is 3.18.